The van der Waals surface area contributed by atoms with Crippen LogP contribution in [0.5, 0.6) is 0 Å². The Bertz CT molecular complexity index is 367. The van der Waals surface area contributed by atoms with Crippen LogP contribution < -0.4 is 17.0 Å². The van der Waals surface area contributed by atoms with Crippen LogP contribution in [0.25, 0.3) is 0 Å². The Balaban J connectivity index is 0.00000361. The first-order valence-electron chi connectivity index (χ1n) is 7.46. The minimum absolute atomic E-state index is 0. The van der Waals surface area contributed by atoms with Crippen LogP contribution in [0.3, 0.4) is 0 Å². The summed E-state index contributed by atoms with van der Waals surface area (Å²) in [6.45, 7) is 5.84. The molecule has 0 radical (unpaired) electrons. The van der Waals surface area contributed by atoms with Gasteiger partial charge in [0.2, 0.25) is 6.33 Å². The van der Waals surface area contributed by atoms with Crippen molar-refractivity contribution in [2.24, 2.45) is 0 Å². The molecule has 0 unspecified atom stereocenters. The van der Waals surface area contributed by atoms with E-state index in [1.165, 1.54) is 38.5 Å². The fourth-order valence-corrected chi connectivity index (χ4v) is 2.09. The van der Waals surface area contributed by atoms with E-state index in [9.17, 15) is 4.79 Å². The molecule has 0 aliphatic heterocycles. The van der Waals surface area contributed by atoms with Crippen molar-refractivity contribution in [3.05, 3.63) is 18.7 Å². The van der Waals surface area contributed by atoms with Gasteiger partial charge in [0.05, 0.1) is 13.2 Å². The predicted octanol–water partition coefficient (Wildman–Crippen LogP) is -0.297. The summed E-state index contributed by atoms with van der Waals surface area (Å²) in [7, 11) is 0. The first-order chi connectivity index (χ1) is 9.26. The van der Waals surface area contributed by atoms with Crippen molar-refractivity contribution < 1.29 is 26.5 Å². The zero-order valence-electron chi connectivity index (χ0n) is 12.7. The Hall–Kier alpha value is -1.03. The maximum Gasteiger partial charge on any atom is 0.348 e. The van der Waals surface area contributed by atoms with E-state index in [2.05, 4.69) is 11.5 Å². The molecule has 1 aromatic heterocycles. The number of esters is 1. The van der Waals surface area contributed by atoms with E-state index in [1.54, 1.807) is 0 Å². The molecule has 5 heteroatoms. The minimum atomic E-state index is -0.176. The van der Waals surface area contributed by atoms with Crippen LogP contribution in [0.1, 0.15) is 52.4 Å². The molecule has 0 aliphatic carbocycles. The zero-order chi connectivity index (χ0) is 13.9. The predicted molar refractivity (Wildman–Crippen MR) is 74.6 cm³/mol. The smallest absolute Gasteiger partial charge is 0.348 e. The van der Waals surface area contributed by atoms with Crippen molar-refractivity contribution in [3.8, 4) is 0 Å². The lowest BCUT2D eigenvalue weighted by Gasteiger charge is -1.99. The van der Waals surface area contributed by atoms with Gasteiger partial charge in [0.1, 0.15) is 12.4 Å². The third-order valence-electron chi connectivity index (χ3n) is 3.13. The van der Waals surface area contributed by atoms with E-state index < -0.39 is 0 Å². The van der Waals surface area contributed by atoms with E-state index in [4.69, 9.17) is 4.74 Å². The largest absolute Gasteiger partial charge is 1.00 e. The third-order valence-corrected chi connectivity index (χ3v) is 3.13. The highest BCUT2D eigenvalue weighted by Crippen LogP contribution is 2.05. The number of ether oxygens (including phenoxy) is 1. The Morgan fingerprint density at radius 1 is 1.15 bits per heavy atom. The highest BCUT2D eigenvalue weighted by Gasteiger charge is 2.09. The fourth-order valence-electron chi connectivity index (χ4n) is 2.09. The highest BCUT2D eigenvalue weighted by molar-refractivity contribution is 5.67. The summed E-state index contributed by atoms with van der Waals surface area (Å²) in [5.74, 6) is -0.176. The van der Waals surface area contributed by atoms with E-state index in [-0.39, 0.29) is 18.4 Å². The Labute approximate surface area is 128 Å². The van der Waals surface area contributed by atoms with Gasteiger partial charge in [0, 0.05) is 0 Å². The molecule has 0 aliphatic rings. The van der Waals surface area contributed by atoms with Crippen LogP contribution in [-0.2, 0) is 22.6 Å². The van der Waals surface area contributed by atoms with Gasteiger partial charge in [-0.3, -0.25) is 0 Å². The summed E-state index contributed by atoms with van der Waals surface area (Å²) in [4.78, 5) is 11.3. The number of aryl methyl sites for hydroxylation is 1. The number of hydrogen-bond acceptors (Lipinski definition) is 2. The van der Waals surface area contributed by atoms with Gasteiger partial charge < -0.3 is 17.1 Å². The van der Waals surface area contributed by atoms with Gasteiger partial charge in [-0.05, 0) is 19.8 Å². The summed E-state index contributed by atoms with van der Waals surface area (Å²) < 4.78 is 8.93. The number of hydrogen-bond donors (Lipinski definition) is 0. The number of carbonyl (C=O) groups is 1. The van der Waals surface area contributed by atoms with Crippen LogP contribution >= 0.6 is 0 Å². The molecular formula is C15H27ClN2O2. The van der Waals surface area contributed by atoms with Crippen molar-refractivity contribution in [3.63, 3.8) is 0 Å². The Morgan fingerprint density at radius 2 is 1.85 bits per heavy atom. The molecule has 0 saturated heterocycles. The monoisotopic (exact) mass is 302 g/mol. The number of carbonyl (C=O) groups excluding carboxylic acids is 1. The van der Waals surface area contributed by atoms with Gasteiger partial charge in [-0.15, -0.1) is 0 Å². The van der Waals surface area contributed by atoms with Crippen LogP contribution in [0.15, 0.2) is 18.7 Å². The SMILES string of the molecule is CCCCCCCCn1cc[n+](CC(=O)OCC)c1.[Cl-]. The summed E-state index contributed by atoms with van der Waals surface area (Å²) in [5, 5.41) is 0. The normalized spacial score (nSPS) is 10.1. The second kappa shape index (κ2) is 11.8. The molecule has 116 valence electrons. The molecule has 0 fully saturated rings. The Kier molecular flexibility index (Phi) is 11.2. The average Bonchev–Trinajstić information content (AvgIpc) is 2.81. The van der Waals surface area contributed by atoms with Gasteiger partial charge in [-0.25, -0.2) is 13.9 Å². The number of nitrogens with zero attached hydrogens (tertiary/aromatic N) is 2. The highest BCUT2D eigenvalue weighted by atomic mass is 35.5. The lowest BCUT2D eigenvalue weighted by atomic mass is 10.1. The molecule has 1 heterocycles. The number of halogens is 1. The molecule has 4 nitrogen and oxygen atoms in total. The number of rotatable bonds is 10. The molecule has 0 aromatic carbocycles. The lowest BCUT2D eigenvalue weighted by Crippen LogP contribution is -3.00. The molecular weight excluding hydrogens is 276 g/mol. The molecule has 1 rings (SSSR count). The standard InChI is InChI=1S/C15H27N2O2.ClH/c1-3-5-6-7-8-9-10-16-11-12-17(14-16)13-15(18)19-4-2;/h11-12,14H,3-10,13H2,1-2H3;1H/q+1;/p-1. The summed E-state index contributed by atoms with van der Waals surface area (Å²) in [6, 6.07) is 0. The van der Waals surface area contributed by atoms with Crippen LogP contribution in [0.4, 0.5) is 0 Å². The van der Waals surface area contributed by atoms with Crippen molar-refractivity contribution >= 4 is 5.97 Å². The second-order valence-electron chi connectivity index (χ2n) is 4.90. The van der Waals surface area contributed by atoms with Gasteiger partial charge in [-0.1, -0.05) is 32.6 Å². The van der Waals surface area contributed by atoms with Crippen molar-refractivity contribution in [1.29, 1.82) is 0 Å². The van der Waals surface area contributed by atoms with Crippen molar-refractivity contribution in [2.45, 2.75) is 65.5 Å². The van der Waals surface area contributed by atoms with Gasteiger partial charge in [0.25, 0.3) is 0 Å². The number of aromatic nitrogens is 2. The Morgan fingerprint density at radius 3 is 2.55 bits per heavy atom. The molecule has 0 spiro atoms. The van der Waals surface area contributed by atoms with Crippen LogP contribution in [0.2, 0.25) is 0 Å². The van der Waals surface area contributed by atoms with Gasteiger partial charge >= 0.3 is 5.97 Å². The minimum Gasteiger partial charge on any atom is -1.00 e. The van der Waals surface area contributed by atoms with E-state index in [0.717, 1.165) is 6.54 Å². The van der Waals surface area contributed by atoms with Crippen molar-refractivity contribution in [1.82, 2.24) is 4.57 Å². The lowest BCUT2D eigenvalue weighted by molar-refractivity contribution is -0.685. The maximum atomic E-state index is 11.3. The molecule has 0 atom stereocenters. The maximum absolute atomic E-state index is 11.3. The van der Waals surface area contributed by atoms with Gasteiger partial charge in [-0.2, -0.15) is 0 Å². The summed E-state index contributed by atoms with van der Waals surface area (Å²) in [6.07, 6.45) is 13.7. The molecule has 0 N–H and O–H groups in total. The summed E-state index contributed by atoms with van der Waals surface area (Å²) in [5.41, 5.74) is 0. The molecule has 20 heavy (non-hydrogen) atoms. The number of imidazole rings is 1. The van der Waals surface area contributed by atoms with Gasteiger partial charge in [0.15, 0.2) is 6.54 Å². The summed E-state index contributed by atoms with van der Waals surface area (Å²) >= 11 is 0. The molecule has 1 aromatic rings. The quantitative estimate of drug-likeness (QED) is 0.338. The van der Waals surface area contributed by atoms with Crippen molar-refractivity contribution in [2.75, 3.05) is 6.61 Å². The van der Waals surface area contributed by atoms with E-state index >= 15 is 0 Å². The molecule has 0 bridgehead atoms. The van der Waals surface area contributed by atoms with Crippen LogP contribution in [-0.4, -0.2) is 17.1 Å². The second-order valence-corrected chi connectivity index (χ2v) is 4.90. The fraction of sp³-hybridized carbons (Fsp3) is 0.733. The zero-order valence-corrected chi connectivity index (χ0v) is 13.4. The number of unbranched alkanes of at least 4 members (excludes halogenated alkanes) is 5. The van der Waals surface area contributed by atoms with Crippen LogP contribution in [0, 0.1) is 0 Å². The topological polar surface area (TPSA) is 35.1 Å². The van der Waals surface area contributed by atoms with E-state index in [1.807, 2.05) is 30.2 Å². The van der Waals surface area contributed by atoms with E-state index in [0.29, 0.717) is 13.2 Å². The first-order valence-corrected chi connectivity index (χ1v) is 7.46. The average molecular weight is 303 g/mol. The third kappa shape index (κ3) is 8.20. The first kappa shape index (κ1) is 19.0. The molecule has 0 saturated carbocycles. The molecule has 0 amide bonds.